The second-order valence-corrected chi connectivity index (χ2v) is 6.90. The summed E-state index contributed by atoms with van der Waals surface area (Å²) in [6.07, 6.45) is 4.87. The number of benzene rings is 1. The van der Waals surface area contributed by atoms with Gasteiger partial charge < -0.3 is 0 Å². The fraction of sp³-hybridized carbons (Fsp3) is 0.571. The number of nitrogens with zero attached hydrogens (tertiary/aromatic N) is 1. The molecule has 0 radical (unpaired) electrons. The predicted octanol–water partition coefficient (Wildman–Crippen LogP) is 5.08. The highest BCUT2D eigenvalue weighted by molar-refractivity contribution is 9.10. The quantitative estimate of drug-likeness (QED) is 0.686. The zero-order valence-corrected chi connectivity index (χ0v) is 13.6. The van der Waals surface area contributed by atoms with Gasteiger partial charge >= 0.3 is 0 Å². The molecule has 1 fully saturated rings. The van der Waals surface area contributed by atoms with Gasteiger partial charge in [-0.15, -0.1) is 11.6 Å². The first-order valence-electron chi connectivity index (χ1n) is 6.36. The van der Waals surface area contributed by atoms with Gasteiger partial charge in [0.2, 0.25) is 0 Å². The lowest BCUT2D eigenvalue weighted by molar-refractivity contribution is 0.188. The van der Waals surface area contributed by atoms with Crippen LogP contribution in [0.2, 0.25) is 5.02 Å². The molecule has 0 aliphatic heterocycles. The number of halogens is 3. The van der Waals surface area contributed by atoms with E-state index in [1.54, 1.807) is 0 Å². The minimum atomic E-state index is 0.276. The highest BCUT2D eigenvalue weighted by Crippen LogP contribution is 2.29. The van der Waals surface area contributed by atoms with Crippen LogP contribution < -0.4 is 0 Å². The molecule has 1 nitrogen and oxygen atoms in total. The van der Waals surface area contributed by atoms with Crippen LogP contribution in [-0.4, -0.2) is 23.4 Å². The number of alkyl halides is 1. The summed E-state index contributed by atoms with van der Waals surface area (Å²) in [5, 5.41) is 1.09. The maximum Gasteiger partial charge on any atom is 0.0491 e. The molecule has 0 spiro atoms. The van der Waals surface area contributed by atoms with Gasteiger partial charge in [-0.2, -0.15) is 0 Å². The number of rotatable bonds is 3. The molecule has 2 unspecified atom stereocenters. The van der Waals surface area contributed by atoms with Crippen molar-refractivity contribution in [1.29, 1.82) is 0 Å². The van der Waals surface area contributed by atoms with Crippen LogP contribution in [0.5, 0.6) is 0 Å². The van der Waals surface area contributed by atoms with E-state index in [1.165, 1.54) is 19.3 Å². The molecule has 1 aliphatic carbocycles. The fourth-order valence-electron chi connectivity index (χ4n) is 2.60. The second-order valence-electron chi connectivity index (χ2n) is 5.02. The molecule has 2 rings (SSSR count). The van der Waals surface area contributed by atoms with Crippen molar-refractivity contribution in [3.63, 3.8) is 0 Å². The summed E-state index contributed by atoms with van der Waals surface area (Å²) in [5.74, 6) is 0. The monoisotopic (exact) mass is 349 g/mol. The van der Waals surface area contributed by atoms with Crippen LogP contribution in [0.15, 0.2) is 22.7 Å². The molecular weight excluding hydrogens is 333 g/mol. The molecule has 0 heterocycles. The zero-order chi connectivity index (χ0) is 13.1. The molecule has 2 atom stereocenters. The molecule has 0 bridgehead atoms. The Labute approximate surface area is 128 Å². The molecule has 0 aromatic heterocycles. The third-order valence-electron chi connectivity index (χ3n) is 3.65. The van der Waals surface area contributed by atoms with Crippen LogP contribution in [0, 0.1) is 0 Å². The summed E-state index contributed by atoms with van der Waals surface area (Å²) in [4.78, 5) is 2.34. The third kappa shape index (κ3) is 3.63. The van der Waals surface area contributed by atoms with E-state index >= 15 is 0 Å². The minimum Gasteiger partial charge on any atom is -0.298 e. The van der Waals surface area contributed by atoms with E-state index in [4.69, 9.17) is 23.2 Å². The summed E-state index contributed by atoms with van der Waals surface area (Å²) in [6.45, 7) is 0.861. The Morgan fingerprint density at radius 2 is 2.06 bits per heavy atom. The first-order chi connectivity index (χ1) is 8.58. The Kier molecular flexibility index (Phi) is 5.37. The molecule has 0 amide bonds. The summed E-state index contributed by atoms with van der Waals surface area (Å²) in [5.41, 5.74) is 1.16. The molecule has 4 heteroatoms. The highest BCUT2D eigenvalue weighted by Gasteiger charge is 2.26. The largest absolute Gasteiger partial charge is 0.298 e. The van der Waals surface area contributed by atoms with E-state index in [0.717, 1.165) is 28.0 Å². The maximum atomic E-state index is 6.43. The Balaban J connectivity index is 2.03. The van der Waals surface area contributed by atoms with Gasteiger partial charge in [0, 0.05) is 27.5 Å². The van der Waals surface area contributed by atoms with Gasteiger partial charge in [0.1, 0.15) is 0 Å². The van der Waals surface area contributed by atoms with Crippen LogP contribution in [0.1, 0.15) is 31.2 Å². The van der Waals surface area contributed by atoms with Crippen molar-refractivity contribution in [2.24, 2.45) is 0 Å². The van der Waals surface area contributed by atoms with Crippen molar-refractivity contribution >= 4 is 39.1 Å². The maximum absolute atomic E-state index is 6.43. The topological polar surface area (TPSA) is 3.24 Å². The number of hydrogen-bond acceptors (Lipinski definition) is 1. The first kappa shape index (κ1) is 14.6. The average molecular weight is 351 g/mol. The van der Waals surface area contributed by atoms with Crippen molar-refractivity contribution < 1.29 is 0 Å². The van der Waals surface area contributed by atoms with Gasteiger partial charge in [0.15, 0.2) is 0 Å². The highest BCUT2D eigenvalue weighted by atomic mass is 79.9. The van der Waals surface area contributed by atoms with E-state index < -0.39 is 0 Å². The van der Waals surface area contributed by atoms with Crippen molar-refractivity contribution in [2.45, 2.75) is 43.6 Å². The van der Waals surface area contributed by atoms with E-state index in [2.05, 4.69) is 33.9 Å². The lowest BCUT2D eigenvalue weighted by Crippen LogP contribution is -2.40. The molecule has 100 valence electrons. The third-order valence-corrected chi connectivity index (χ3v) is 5.00. The Bertz CT molecular complexity index is 411. The van der Waals surface area contributed by atoms with Gasteiger partial charge in [-0.05, 0) is 37.6 Å². The van der Waals surface area contributed by atoms with Crippen LogP contribution in [-0.2, 0) is 6.54 Å². The van der Waals surface area contributed by atoms with E-state index in [-0.39, 0.29) is 5.38 Å². The van der Waals surface area contributed by atoms with Crippen molar-refractivity contribution in [1.82, 2.24) is 4.90 Å². The first-order valence-corrected chi connectivity index (χ1v) is 7.97. The lowest BCUT2D eigenvalue weighted by atomic mass is 9.93. The minimum absolute atomic E-state index is 0.276. The van der Waals surface area contributed by atoms with Crippen molar-refractivity contribution in [3.8, 4) is 0 Å². The average Bonchev–Trinajstić information content (AvgIpc) is 2.33. The van der Waals surface area contributed by atoms with Crippen LogP contribution in [0.25, 0.3) is 0 Å². The Hall–Kier alpha value is 0.240. The van der Waals surface area contributed by atoms with Gasteiger partial charge in [0.05, 0.1) is 0 Å². The smallest absolute Gasteiger partial charge is 0.0491 e. The van der Waals surface area contributed by atoms with E-state index in [1.807, 2.05) is 12.1 Å². The predicted molar refractivity (Wildman–Crippen MR) is 82.5 cm³/mol. The molecule has 1 aliphatic rings. The van der Waals surface area contributed by atoms with Gasteiger partial charge in [-0.25, -0.2) is 0 Å². The Morgan fingerprint density at radius 3 is 2.72 bits per heavy atom. The van der Waals surface area contributed by atoms with Crippen LogP contribution >= 0.6 is 39.1 Å². The molecule has 1 aromatic carbocycles. The van der Waals surface area contributed by atoms with Gasteiger partial charge in [-0.3, -0.25) is 4.90 Å². The van der Waals surface area contributed by atoms with Crippen LogP contribution in [0.4, 0.5) is 0 Å². The standard InChI is InChI=1S/C14H18BrCl2N/c1-18(14-5-3-2-4-12(14)16)9-10-6-7-11(15)8-13(10)17/h6-8,12,14H,2-5,9H2,1H3. The normalized spacial score (nSPS) is 24.5. The van der Waals surface area contributed by atoms with Crippen LogP contribution in [0.3, 0.4) is 0 Å². The molecule has 1 aromatic rings. The van der Waals surface area contributed by atoms with Crippen molar-refractivity contribution in [2.75, 3.05) is 7.05 Å². The molecule has 18 heavy (non-hydrogen) atoms. The molecular formula is C14H18BrCl2N. The summed E-state index contributed by atoms with van der Waals surface area (Å²) in [6, 6.07) is 6.53. The molecule has 1 saturated carbocycles. The fourth-order valence-corrected chi connectivity index (χ4v) is 3.80. The number of hydrogen-bond donors (Lipinski definition) is 0. The zero-order valence-electron chi connectivity index (χ0n) is 10.5. The lowest BCUT2D eigenvalue weighted by Gasteiger charge is -2.35. The summed E-state index contributed by atoms with van der Waals surface area (Å²) < 4.78 is 1.02. The van der Waals surface area contributed by atoms with E-state index in [0.29, 0.717) is 6.04 Å². The summed E-state index contributed by atoms with van der Waals surface area (Å²) >= 11 is 16.1. The van der Waals surface area contributed by atoms with E-state index in [9.17, 15) is 0 Å². The van der Waals surface area contributed by atoms with Gasteiger partial charge in [-0.1, -0.05) is 46.4 Å². The van der Waals surface area contributed by atoms with Crippen molar-refractivity contribution in [3.05, 3.63) is 33.3 Å². The SMILES string of the molecule is CN(Cc1ccc(Br)cc1Cl)C1CCCCC1Cl. The second kappa shape index (κ2) is 6.60. The Morgan fingerprint density at radius 1 is 1.33 bits per heavy atom. The molecule has 0 N–H and O–H groups in total. The summed E-state index contributed by atoms with van der Waals surface area (Å²) in [7, 11) is 2.14. The van der Waals surface area contributed by atoms with Gasteiger partial charge in [0.25, 0.3) is 0 Å². The molecule has 0 saturated heterocycles.